The maximum atomic E-state index is 14.3. The lowest BCUT2D eigenvalue weighted by Gasteiger charge is -2.39. The van der Waals surface area contributed by atoms with Crippen molar-refractivity contribution in [3.05, 3.63) is 0 Å². The molecule has 1 atom stereocenters. The summed E-state index contributed by atoms with van der Waals surface area (Å²) in [5, 5.41) is 2.23. The summed E-state index contributed by atoms with van der Waals surface area (Å²) in [6.07, 6.45) is -6.46. The van der Waals surface area contributed by atoms with Crippen molar-refractivity contribution in [3.8, 4) is 0 Å². The Morgan fingerprint density at radius 2 is 1.82 bits per heavy atom. The molecule has 1 aliphatic carbocycles. The molecule has 0 spiro atoms. The highest BCUT2D eigenvalue weighted by Gasteiger charge is 2.46. The number of carbonyl (C=O) groups excluding carboxylic acids is 1. The largest absolute Gasteiger partial charge is 0.522 e. The number of carbonyl (C=O) groups is 1. The number of nitrogens with zero attached hydrogens (tertiary/aromatic N) is 1. The Hall–Kier alpha value is -1.20. The molecule has 0 aromatic rings. The summed E-state index contributed by atoms with van der Waals surface area (Å²) >= 11 is 0. The molecule has 164 valence electrons. The number of alkyl halides is 5. The number of alkyl carbamates (subject to hydrolysis) is 1. The molecule has 1 saturated carbocycles. The van der Waals surface area contributed by atoms with Crippen LogP contribution in [0.3, 0.4) is 0 Å². The van der Waals surface area contributed by atoms with Crippen molar-refractivity contribution in [2.24, 2.45) is 0 Å². The first-order valence-corrected chi connectivity index (χ1v) is 9.19. The first kappa shape index (κ1) is 23.1. The third-order valence-electron chi connectivity index (χ3n) is 4.48. The smallest absolute Gasteiger partial charge is 0.444 e. The molecule has 1 unspecified atom stereocenters. The Labute approximate surface area is 160 Å². The fraction of sp³-hybridized carbons (Fsp3) is 0.941. The van der Waals surface area contributed by atoms with Crippen LogP contribution in [0, 0.1) is 0 Å². The van der Waals surface area contributed by atoms with E-state index in [-0.39, 0.29) is 38.5 Å². The van der Waals surface area contributed by atoms with Gasteiger partial charge in [-0.05, 0) is 27.2 Å². The van der Waals surface area contributed by atoms with Gasteiger partial charge in [-0.15, -0.1) is 13.2 Å². The van der Waals surface area contributed by atoms with Crippen LogP contribution in [-0.2, 0) is 14.2 Å². The first-order chi connectivity index (χ1) is 12.7. The molecule has 6 nitrogen and oxygen atoms in total. The van der Waals surface area contributed by atoms with Crippen LogP contribution in [0.4, 0.5) is 26.7 Å². The molecule has 1 aliphatic heterocycles. The molecular weight excluding hydrogens is 391 g/mol. The Morgan fingerprint density at radius 1 is 1.18 bits per heavy atom. The Bertz CT molecular complexity index is 533. The topological polar surface area (TPSA) is 60.0 Å². The first-order valence-electron chi connectivity index (χ1n) is 9.19. The Morgan fingerprint density at radius 3 is 2.36 bits per heavy atom. The van der Waals surface area contributed by atoms with Crippen molar-refractivity contribution in [3.63, 3.8) is 0 Å². The minimum atomic E-state index is -4.65. The molecule has 0 radical (unpaired) electrons. The van der Waals surface area contributed by atoms with Gasteiger partial charge in [-0.25, -0.2) is 13.6 Å². The van der Waals surface area contributed by atoms with Gasteiger partial charge in [-0.2, -0.15) is 0 Å². The number of nitrogens with one attached hydrogen (secondary N) is 1. The number of piperidine rings is 1. The van der Waals surface area contributed by atoms with E-state index in [4.69, 9.17) is 9.47 Å². The van der Waals surface area contributed by atoms with Gasteiger partial charge < -0.3 is 14.8 Å². The number of rotatable bonds is 6. The van der Waals surface area contributed by atoms with E-state index in [1.165, 1.54) is 4.90 Å². The van der Waals surface area contributed by atoms with Gasteiger partial charge >= 0.3 is 12.5 Å². The molecular formula is C17H27F5N2O4. The van der Waals surface area contributed by atoms with E-state index in [1.54, 1.807) is 20.8 Å². The predicted octanol–water partition coefficient (Wildman–Crippen LogP) is 3.30. The molecule has 11 heteroatoms. The number of ether oxygens (including phenoxy) is 3. The Balaban J connectivity index is 1.65. The van der Waals surface area contributed by atoms with Crippen molar-refractivity contribution in [1.29, 1.82) is 0 Å². The number of likely N-dealkylation sites (tertiary alicyclic amines) is 1. The van der Waals surface area contributed by atoms with Gasteiger partial charge in [0.15, 0.2) is 0 Å². The fourth-order valence-corrected chi connectivity index (χ4v) is 3.12. The van der Waals surface area contributed by atoms with Crippen LogP contribution in [0.5, 0.6) is 0 Å². The molecule has 2 aliphatic rings. The van der Waals surface area contributed by atoms with Gasteiger partial charge in [-0.1, -0.05) is 0 Å². The summed E-state index contributed by atoms with van der Waals surface area (Å²) in [6, 6.07) is -1.31. The standard InChI is InChI=1S/C17H27F5N2O4/c1-15(2,3)28-14(25)23-13-4-5-24(10-16(13,18)19)6-7-26-11-8-12(9-11)27-17(20,21)22/h11-13H,4-10H2,1-3H3,(H,23,25). The van der Waals surface area contributed by atoms with Crippen molar-refractivity contribution in [1.82, 2.24) is 10.2 Å². The zero-order valence-corrected chi connectivity index (χ0v) is 16.2. The second-order valence-corrected chi connectivity index (χ2v) is 8.17. The van der Waals surface area contributed by atoms with Gasteiger partial charge in [0, 0.05) is 25.9 Å². The van der Waals surface area contributed by atoms with Gasteiger partial charge in [0.1, 0.15) is 5.60 Å². The summed E-state index contributed by atoms with van der Waals surface area (Å²) in [6.45, 7) is 5.11. The van der Waals surface area contributed by atoms with E-state index in [1.807, 2.05) is 0 Å². The molecule has 0 aromatic heterocycles. The molecule has 28 heavy (non-hydrogen) atoms. The predicted molar refractivity (Wildman–Crippen MR) is 89.1 cm³/mol. The molecule has 2 rings (SSSR count). The summed E-state index contributed by atoms with van der Waals surface area (Å²) < 4.78 is 79.0. The third-order valence-corrected chi connectivity index (χ3v) is 4.48. The highest BCUT2D eigenvalue weighted by atomic mass is 19.4. The summed E-state index contributed by atoms with van der Waals surface area (Å²) in [4.78, 5) is 13.2. The van der Waals surface area contributed by atoms with E-state index >= 15 is 0 Å². The van der Waals surface area contributed by atoms with Crippen LogP contribution in [-0.4, -0.2) is 73.4 Å². The van der Waals surface area contributed by atoms with Crippen LogP contribution in [0.1, 0.15) is 40.0 Å². The quantitative estimate of drug-likeness (QED) is 0.671. The van der Waals surface area contributed by atoms with Crippen LogP contribution in [0.25, 0.3) is 0 Å². The van der Waals surface area contributed by atoms with Crippen LogP contribution in [0.15, 0.2) is 0 Å². The Kier molecular flexibility index (Phi) is 7.14. The number of halogens is 5. The van der Waals surface area contributed by atoms with Crippen molar-refractivity contribution < 1.29 is 41.0 Å². The van der Waals surface area contributed by atoms with Crippen LogP contribution in [0.2, 0.25) is 0 Å². The lowest BCUT2D eigenvalue weighted by Crippen LogP contribution is -2.59. The molecule has 1 N–H and O–H groups in total. The minimum Gasteiger partial charge on any atom is -0.444 e. The second kappa shape index (κ2) is 8.66. The van der Waals surface area contributed by atoms with Crippen molar-refractivity contribution >= 4 is 6.09 Å². The third kappa shape index (κ3) is 7.67. The molecule has 1 amide bonds. The SMILES string of the molecule is CC(C)(C)OC(=O)NC1CCN(CCOC2CC(OC(F)(F)F)C2)CC1(F)F. The van der Waals surface area contributed by atoms with E-state index < -0.39 is 42.7 Å². The molecule has 0 bridgehead atoms. The van der Waals surface area contributed by atoms with E-state index in [0.29, 0.717) is 6.54 Å². The number of hydrogen-bond donors (Lipinski definition) is 1. The van der Waals surface area contributed by atoms with Gasteiger partial charge in [-0.3, -0.25) is 9.64 Å². The van der Waals surface area contributed by atoms with Crippen LogP contribution >= 0.6 is 0 Å². The minimum absolute atomic E-state index is 0.0527. The number of amides is 1. The number of hydrogen-bond acceptors (Lipinski definition) is 5. The van der Waals surface area contributed by atoms with Crippen molar-refractivity contribution in [2.75, 3.05) is 26.2 Å². The maximum Gasteiger partial charge on any atom is 0.522 e. The molecule has 1 heterocycles. The zero-order chi connectivity index (χ0) is 21.2. The highest BCUT2D eigenvalue weighted by Crippen LogP contribution is 2.32. The van der Waals surface area contributed by atoms with Crippen LogP contribution < -0.4 is 5.32 Å². The van der Waals surface area contributed by atoms with E-state index in [0.717, 1.165) is 0 Å². The second-order valence-electron chi connectivity index (χ2n) is 8.17. The van der Waals surface area contributed by atoms with Gasteiger partial charge in [0.05, 0.1) is 31.4 Å². The maximum absolute atomic E-state index is 14.3. The zero-order valence-electron chi connectivity index (χ0n) is 16.2. The van der Waals surface area contributed by atoms with E-state index in [2.05, 4.69) is 10.1 Å². The summed E-state index contributed by atoms with van der Waals surface area (Å²) in [7, 11) is 0. The van der Waals surface area contributed by atoms with Gasteiger partial charge in [0.25, 0.3) is 5.92 Å². The van der Waals surface area contributed by atoms with Gasteiger partial charge in [0.2, 0.25) is 0 Å². The lowest BCUT2D eigenvalue weighted by atomic mass is 9.92. The fourth-order valence-electron chi connectivity index (χ4n) is 3.12. The normalized spacial score (nSPS) is 28.5. The summed E-state index contributed by atoms with van der Waals surface area (Å²) in [5.74, 6) is -3.13. The molecule has 0 aromatic carbocycles. The summed E-state index contributed by atoms with van der Waals surface area (Å²) in [5.41, 5.74) is -0.775. The van der Waals surface area contributed by atoms with E-state index in [9.17, 15) is 26.7 Å². The average Bonchev–Trinajstić information content (AvgIpc) is 2.43. The van der Waals surface area contributed by atoms with Crippen molar-refractivity contribution in [2.45, 2.75) is 76.2 Å². The molecule has 2 fully saturated rings. The molecule has 1 saturated heterocycles. The monoisotopic (exact) mass is 418 g/mol. The average molecular weight is 418 g/mol. The lowest BCUT2D eigenvalue weighted by molar-refractivity contribution is -0.357. The highest BCUT2D eigenvalue weighted by molar-refractivity contribution is 5.68.